The topological polar surface area (TPSA) is 60.0 Å². The van der Waals surface area contributed by atoms with E-state index in [9.17, 15) is 4.79 Å². The van der Waals surface area contributed by atoms with Gasteiger partial charge in [-0.3, -0.25) is 9.69 Å². The SMILES string of the molecule is COc1cc(NC(=O)c2cccc(CN3CCCC3)c2)cc(OC)c1OC. The van der Waals surface area contributed by atoms with Gasteiger partial charge < -0.3 is 19.5 Å². The maximum atomic E-state index is 12.7. The van der Waals surface area contributed by atoms with E-state index < -0.39 is 0 Å². The normalized spacial score (nSPS) is 14.0. The van der Waals surface area contributed by atoms with E-state index in [0.717, 1.165) is 25.2 Å². The Morgan fingerprint density at radius 2 is 1.67 bits per heavy atom. The predicted molar refractivity (Wildman–Crippen MR) is 105 cm³/mol. The van der Waals surface area contributed by atoms with Gasteiger partial charge in [0.25, 0.3) is 5.91 Å². The first-order chi connectivity index (χ1) is 13.1. The molecule has 1 N–H and O–H groups in total. The van der Waals surface area contributed by atoms with Crippen molar-refractivity contribution in [3.8, 4) is 17.2 Å². The molecule has 0 unspecified atom stereocenters. The minimum Gasteiger partial charge on any atom is -0.493 e. The fourth-order valence-electron chi connectivity index (χ4n) is 3.37. The summed E-state index contributed by atoms with van der Waals surface area (Å²) in [4.78, 5) is 15.1. The van der Waals surface area contributed by atoms with E-state index in [1.165, 1.54) is 12.8 Å². The molecular weight excluding hydrogens is 344 g/mol. The minimum atomic E-state index is -0.174. The molecule has 0 aliphatic carbocycles. The van der Waals surface area contributed by atoms with E-state index in [-0.39, 0.29) is 5.91 Å². The summed E-state index contributed by atoms with van der Waals surface area (Å²) in [6.07, 6.45) is 2.50. The van der Waals surface area contributed by atoms with Gasteiger partial charge in [0.1, 0.15) is 0 Å². The van der Waals surface area contributed by atoms with Crippen LogP contribution in [0.2, 0.25) is 0 Å². The van der Waals surface area contributed by atoms with Crippen LogP contribution in [0.5, 0.6) is 17.2 Å². The van der Waals surface area contributed by atoms with Crippen molar-refractivity contribution < 1.29 is 19.0 Å². The van der Waals surface area contributed by atoms with Crippen molar-refractivity contribution in [2.45, 2.75) is 19.4 Å². The molecule has 1 saturated heterocycles. The molecule has 0 radical (unpaired) electrons. The maximum Gasteiger partial charge on any atom is 0.255 e. The molecule has 0 bridgehead atoms. The summed E-state index contributed by atoms with van der Waals surface area (Å²) in [5.41, 5.74) is 2.36. The number of carbonyl (C=O) groups is 1. The average Bonchev–Trinajstić information content (AvgIpc) is 3.20. The van der Waals surface area contributed by atoms with Crippen molar-refractivity contribution in [3.63, 3.8) is 0 Å². The Hall–Kier alpha value is -2.73. The summed E-state index contributed by atoms with van der Waals surface area (Å²) in [5, 5.41) is 2.91. The first-order valence-electron chi connectivity index (χ1n) is 9.07. The van der Waals surface area contributed by atoms with Gasteiger partial charge in [0.05, 0.1) is 21.3 Å². The van der Waals surface area contributed by atoms with Crippen molar-refractivity contribution in [2.75, 3.05) is 39.7 Å². The Morgan fingerprint density at radius 1 is 1.00 bits per heavy atom. The zero-order valence-corrected chi connectivity index (χ0v) is 16.1. The highest BCUT2D eigenvalue weighted by molar-refractivity contribution is 6.04. The highest BCUT2D eigenvalue weighted by Gasteiger charge is 2.16. The summed E-state index contributed by atoms with van der Waals surface area (Å²) in [6, 6.07) is 11.2. The lowest BCUT2D eigenvalue weighted by Gasteiger charge is -2.16. The number of methoxy groups -OCH3 is 3. The van der Waals surface area contributed by atoms with Gasteiger partial charge in [0, 0.05) is 29.9 Å². The summed E-state index contributed by atoms with van der Waals surface area (Å²) < 4.78 is 16.0. The highest BCUT2D eigenvalue weighted by atomic mass is 16.5. The van der Waals surface area contributed by atoms with Crippen molar-refractivity contribution in [2.24, 2.45) is 0 Å². The number of nitrogens with zero attached hydrogens (tertiary/aromatic N) is 1. The molecule has 6 heteroatoms. The lowest BCUT2D eigenvalue weighted by molar-refractivity contribution is 0.102. The quantitative estimate of drug-likeness (QED) is 0.808. The van der Waals surface area contributed by atoms with E-state index in [1.54, 1.807) is 33.5 Å². The number of rotatable bonds is 7. The largest absolute Gasteiger partial charge is 0.493 e. The molecule has 0 spiro atoms. The van der Waals surface area contributed by atoms with Crippen LogP contribution in [-0.2, 0) is 6.54 Å². The zero-order chi connectivity index (χ0) is 19.2. The van der Waals surface area contributed by atoms with E-state index >= 15 is 0 Å². The second kappa shape index (κ2) is 8.77. The Bertz CT molecular complexity index is 776. The van der Waals surface area contributed by atoms with Crippen LogP contribution in [0.15, 0.2) is 36.4 Å². The smallest absolute Gasteiger partial charge is 0.255 e. The van der Waals surface area contributed by atoms with E-state index in [4.69, 9.17) is 14.2 Å². The number of likely N-dealkylation sites (tertiary alicyclic amines) is 1. The molecule has 3 rings (SSSR count). The summed E-state index contributed by atoms with van der Waals surface area (Å²) in [5.74, 6) is 1.31. The van der Waals surface area contributed by atoms with Gasteiger partial charge >= 0.3 is 0 Å². The van der Waals surface area contributed by atoms with Crippen LogP contribution in [0.4, 0.5) is 5.69 Å². The fourth-order valence-corrected chi connectivity index (χ4v) is 3.37. The van der Waals surface area contributed by atoms with E-state index in [0.29, 0.717) is 28.5 Å². The second-order valence-corrected chi connectivity index (χ2v) is 6.55. The van der Waals surface area contributed by atoms with Crippen LogP contribution >= 0.6 is 0 Å². The van der Waals surface area contributed by atoms with Crippen molar-refractivity contribution in [1.82, 2.24) is 4.90 Å². The molecule has 1 fully saturated rings. The van der Waals surface area contributed by atoms with Crippen LogP contribution in [0.1, 0.15) is 28.8 Å². The van der Waals surface area contributed by atoms with Crippen molar-refractivity contribution in [1.29, 1.82) is 0 Å². The van der Waals surface area contributed by atoms with E-state index in [1.807, 2.05) is 18.2 Å². The molecule has 1 amide bonds. The van der Waals surface area contributed by atoms with Gasteiger partial charge in [0.15, 0.2) is 11.5 Å². The lowest BCUT2D eigenvalue weighted by atomic mass is 10.1. The molecule has 27 heavy (non-hydrogen) atoms. The van der Waals surface area contributed by atoms with Crippen LogP contribution < -0.4 is 19.5 Å². The van der Waals surface area contributed by atoms with Crippen LogP contribution in [-0.4, -0.2) is 45.2 Å². The molecule has 1 aliphatic rings. The summed E-state index contributed by atoms with van der Waals surface area (Å²) in [7, 11) is 4.64. The molecule has 144 valence electrons. The van der Waals surface area contributed by atoms with Crippen molar-refractivity contribution >= 4 is 11.6 Å². The predicted octanol–water partition coefficient (Wildman–Crippen LogP) is 3.56. The third-order valence-corrected chi connectivity index (χ3v) is 4.72. The molecule has 0 aromatic heterocycles. The number of anilines is 1. The van der Waals surface area contributed by atoms with Gasteiger partial charge in [-0.05, 0) is 43.6 Å². The Balaban J connectivity index is 1.77. The summed E-state index contributed by atoms with van der Waals surface area (Å²) in [6.45, 7) is 3.13. The Labute approximate surface area is 160 Å². The highest BCUT2D eigenvalue weighted by Crippen LogP contribution is 2.40. The Kier molecular flexibility index (Phi) is 6.19. The molecule has 2 aromatic rings. The number of nitrogens with one attached hydrogen (secondary N) is 1. The molecular formula is C21H26N2O4. The van der Waals surface area contributed by atoms with Crippen LogP contribution in [0, 0.1) is 0 Å². The minimum absolute atomic E-state index is 0.174. The molecule has 1 heterocycles. The number of amides is 1. The van der Waals surface area contributed by atoms with Crippen molar-refractivity contribution in [3.05, 3.63) is 47.5 Å². The third-order valence-electron chi connectivity index (χ3n) is 4.72. The van der Waals surface area contributed by atoms with E-state index in [2.05, 4.69) is 16.3 Å². The lowest BCUT2D eigenvalue weighted by Crippen LogP contribution is -2.19. The number of benzene rings is 2. The number of hydrogen-bond donors (Lipinski definition) is 1. The standard InChI is InChI=1S/C21H26N2O4/c1-25-18-12-17(13-19(26-2)20(18)27-3)22-21(24)16-8-6-7-15(11-16)14-23-9-4-5-10-23/h6-8,11-13H,4-5,9-10,14H2,1-3H3,(H,22,24). The van der Waals surface area contributed by atoms with Gasteiger partial charge in [0.2, 0.25) is 5.75 Å². The van der Waals surface area contributed by atoms with Crippen LogP contribution in [0.3, 0.4) is 0 Å². The fraction of sp³-hybridized carbons (Fsp3) is 0.381. The molecule has 2 aromatic carbocycles. The third kappa shape index (κ3) is 4.52. The monoisotopic (exact) mass is 370 g/mol. The molecule has 6 nitrogen and oxygen atoms in total. The van der Waals surface area contributed by atoms with Crippen LogP contribution in [0.25, 0.3) is 0 Å². The maximum absolute atomic E-state index is 12.7. The van der Waals surface area contributed by atoms with Gasteiger partial charge in [-0.1, -0.05) is 12.1 Å². The number of hydrogen-bond acceptors (Lipinski definition) is 5. The molecule has 0 saturated carbocycles. The first-order valence-corrected chi connectivity index (χ1v) is 9.07. The van der Waals surface area contributed by atoms with Gasteiger partial charge in [-0.25, -0.2) is 0 Å². The average molecular weight is 370 g/mol. The van der Waals surface area contributed by atoms with Gasteiger partial charge in [-0.15, -0.1) is 0 Å². The Morgan fingerprint density at radius 3 is 2.26 bits per heavy atom. The van der Waals surface area contributed by atoms with Gasteiger partial charge in [-0.2, -0.15) is 0 Å². The first kappa shape index (κ1) is 19.0. The number of ether oxygens (including phenoxy) is 3. The second-order valence-electron chi connectivity index (χ2n) is 6.55. The zero-order valence-electron chi connectivity index (χ0n) is 16.1. The summed E-state index contributed by atoms with van der Waals surface area (Å²) >= 11 is 0. The molecule has 0 atom stereocenters. The number of carbonyl (C=O) groups excluding carboxylic acids is 1. The molecule has 1 aliphatic heterocycles.